The first kappa shape index (κ1) is 14.7. The summed E-state index contributed by atoms with van der Waals surface area (Å²) in [6.07, 6.45) is 3.33. The topological polar surface area (TPSA) is 43.1 Å². The van der Waals surface area contributed by atoms with Crippen molar-refractivity contribution in [3.63, 3.8) is 0 Å². The van der Waals surface area contributed by atoms with Crippen LogP contribution >= 0.6 is 0 Å². The fraction of sp³-hybridized carbons (Fsp3) is 0.462. The van der Waals surface area contributed by atoms with Crippen molar-refractivity contribution in [2.24, 2.45) is 5.73 Å². The molecule has 0 heterocycles. The number of carbonyl (C=O) groups is 1. The van der Waals surface area contributed by atoms with Gasteiger partial charge in [0.2, 0.25) is 0 Å². The Morgan fingerprint density at radius 3 is 2.33 bits per heavy atom. The van der Waals surface area contributed by atoms with Crippen LogP contribution in [0.3, 0.4) is 0 Å². The van der Waals surface area contributed by atoms with Crippen LogP contribution in [0.25, 0.3) is 0 Å². The Balaban J connectivity index is 2.54. The van der Waals surface area contributed by atoms with Gasteiger partial charge < -0.3 is 5.73 Å². The number of unbranched alkanes of at least 4 members (excludes halogenated alkanes) is 3. The van der Waals surface area contributed by atoms with E-state index in [0.29, 0.717) is 13.0 Å². The maximum Gasteiger partial charge on any atom is 0.195 e. The summed E-state index contributed by atoms with van der Waals surface area (Å²) in [7, 11) is 0. The first-order valence-electron chi connectivity index (χ1n) is 5.94. The molecule has 0 radical (unpaired) electrons. The van der Waals surface area contributed by atoms with Crippen molar-refractivity contribution in [2.45, 2.75) is 32.1 Å². The minimum Gasteiger partial charge on any atom is -0.330 e. The molecule has 0 atom stereocenters. The van der Waals surface area contributed by atoms with Gasteiger partial charge in [-0.05, 0) is 31.5 Å². The summed E-state index contributed by atoms with van der Waals surface area (Å²) >= 11 is 0. The standard InChI is InChI=1S/C13H16F3NO/c14-10-7-6-9(12(15)13(10)16)11(18)5-3-1-2-4-8-17/h6-7H,1-5,8,17H2. The Hall–Kier alpha value is -1.36. The predicted molar refractivity (Wildman–Crippen MR) is 62.8 cm³/mol. The number of hydrogen-bond donors (Lipinski definition) is 1. The number of Topliss-reactive ketones (excluding diaryl/α,β-unsaturated/α-hetero) is 1. The van der Waals surface area contributed by atoms with Gasteiger partial charge in [-0.3, -0.25) is 4.79 Å². The molecule has 5 heteroatoms. The Labute approximate surface area is 104 Å². The highest BCUT2D eigenvalue weighted by Gasteiger charge is 2.18. The predicted octanol–water partition coefficient (Wildman–Crippen LogP) is 3.20. The third-order valence-electron chi connectivity index (χ3n) is 2.69. The fourth-order valence-electron chi connectivity index (χ4n) is 1.66. The summed E-state index contributed by atoms with van der Waals surface area (Å²) in [6, 6.07) is 1.75. The van der Waals surface area contributed by atoms with Gasteiger partial charge in [0.05, 0.1) is 5.56 Å². The average Bonchev–Trinajstić information content (AvgIpc) is 2.35. The van der Waals surface area contributed by atoms with Gasteiger partial charge in [-0.2, -0.15) is 0 Å². The highest BCUT2D eigenvalue weighted by Crippen LogP contribution is 2.17. The number of benzene rings is 1. The van der Waals surface area contributed by atoms with Crippen LogP contribution in [0.15, 0.2) is 12.1 Å². The first-order chi connectivity index (χ1) is 8.57. The van der Waals surface area contributed by atoms with Gasteiger partial charge in [0.15, 0.2) is 23.2 Å². The summed E-state index contributed by atoms with van der Waals surface area (Å²) < 4.78 is 38.9. The molecule has 0 fully saturated rings. The highest BCUT2D eigenvalue weighted by atomic mass is 19.2. The first-order valence-corrected chi connectivity index (χ1v) is 5.94. The number of halogens is 3. The molecule has 0 amide bonds. The van der Waals surface area contributed by atoms with E-state index in [1.807, 2.05) is 0 Å². The molecule has 0 unspecified atom stereocenters. The lowest BCUT2D eigenvalue weighted by atomic mass is 10.0. The molecule has 0 saturated heterocycles. The number of nitrogens with two attached hydrogens (primary N) is 1. The number of ketones is 1. The lowest BCUT2D eigenvalue weighted by Gasteiger charge is -2.04. The third kappa shape index (κ3) is 3.84. The second-order valence-electron chi connectivity index (χ2n) is 4.10. The maximum atomic E-state index is 13.3. The zero-order valence-electron chi connectivity index (χ0n) is 10.0. The van der Waals surface area contributed by atoms with Gasteiger partial charge in [0.1, 0.15) is 0 Å². The minimum atomic E-state index is -1.59. The SMILES string of the molecule is NCCCCCCC(=O)c1ccc(F)c(F)c1F. The fourth-order valence-corrected chi connectivity index (χ4v) is 1.66. The van der Waals surface area contributed by atoms with E-state index >= 15 is 0 Å². The van der Waals surface area contributed by atoms with Gasteiger partial charge in [-0.15, -0.1) is 0 Å². The number of hydrogen-bond acceptors (Lipinski definition) is 2. The van der Waals surface area contributed by atoms with Crippen molar-refractivity contribution in [1.29, 1.82) is 0 Å². The lowest BCUT2D eigenvalue weighted by Crippen LogP contribution is -2.06. The van der Waals surface area contributed by atoms with Crippen molar-refractivity contribution >= 4 is 5.78 Å². The quantitative estimate of drug-likeness (QED) is 0.464. The van der Waals surface area contributed by atoms with E-state index in [1.165, 1.54) is 0 Å². The van der Waals surface area contributed by atoms with E-state index in [4.69, 9.17) is 5.73 Å². The molecule has 2 nitrogen and oxygen atoms in total. The van der Waals surface area contributed by atoms with Crippen molar-refractivity contribution in [3.05, 3.63) is 35.1 Å². The third-order valence-corrected chi connectivity index (χ3v) is 2.69. The van der Waals surface area contributed by atoms with Gasteiger partial charge in [-0.1, -0.05) is 12.8 Å². The Morgan fingerprint density at radius 1 is 1.00 bits per heavy atom. The molecular weight excluding hydrogens is 243 g/mol. The Morgan fingerprint density at radius 2 is 1.67 bits per heavy atom. The summed E-state index contributed by atoms with van der Waals surface area (Å²) in [5, 5.41) is 0. The summed E-state index contributed by atoms with van der Waals surface area (Å²) in [6.45, 7) is 0.603. The smallest absolute Gasteiger partial charge is 0.195 e. The molecule has 2 N–H and O–H groups in total. The van der Waals surface area contributed by atoms with Crippen molar-refractivity contribution < 1.29 is 18.0 Å². The van der Waals surface area contributed by atoms with Crippen LogP contribution in [0, 0.1) is 17.5 Å². The second kappa shape index (κ2) is 7.16. The van der Waals surface area contributed by atoms with E-state index in [1.54, 1.807) is 0 Å². The van der Waals surface area contributed by atoms with Gasteiger partial charge in [0.25, 0.3) is 0 Å². The zero-order valence-corrected chi connectivity index (χ0v) is 10.0. The van der Waals surface area contributed by atoms with Gasteiger partial charge in [-0.25, -0.2) is 13.2 Å². The molecule has 0 spiro atoms. The number of rotatable bonds is 7. The summed E-state index contributed by atoms with van der Waals surface area (Å²) in [4.78, 5) is 11.6. The molecule has 0 bridgehead atoms. The van der Waals surface area contributed by atoms with Crippen molar-refractivity contribution in [2.75, 3.05) is 6.54 Å². The minimum absolute atomic E-state index is 0.132. The average molecular weight is 259 g/mol. The van der Waals surface area contributed by atoms with Crippen LogP contribution < -0.4 is 5.73 Å². The maximum absolute atomic E-state index is 13.3. The van der Waals surface area contributed by atoms with Crippen LogP contribution in [0.2, 0.25) is 0 Å². The van der Waals surface area contributed by atoms with E-state index < -0.39 is 23.2 Å². The van der Waals surface area contributed by atoms with Crippen molar-refractivity contribution in [3.8, 4) is 0 Å². The van der Waals surface area contributed by atoms with Crippen molar-refractivity contribution in [1.82, 2.24) is 0 Å². The Kier molecular flexibility index (Phi) is 5.85. The largest absolute Gasteiger partial charge is 0.330 e. The molecule has 0 saturated carbocycles. The molecule has 0 aliphatic carbocycles. The lowest BCUT2D eigenvalue weighted by molar-refractivity contribution is 0.0974. The molecule has 0 aromatic heterocycles. The molecule has 100 valence electrons. The summed E-state index contributed by atoms with van der Waals surface area (Å²) in [5.74, 6) is -4.78. The molecule has 18 heavy (non-hydrogen) atoms. The van der Waals surface area contributed by atoms with E-state index in [0.717, 1.165) is 31.4 Å². The summed E-state index contributed by atoms with van der Waals surface area (Å²) in [5.41, 5.74) is 4.94. The monoisotopic (exact) mass is 259 g/mol. The number of carbonyl (C=O) groups excluding carboxylic acids is 1. The van der Waals surface area contributed by atoms with Crippen LogP contribution in [0.4, 0.5) is 13.2 Å². The highest BCUT2D eigenvalue weighted by molar-refractivity contribution is 5.96. The molecule has 0 aliphatic rings. The van der Waals surface area contributed by atoms with E-state index in [-0.39, 0.29) is 12.0 Å². The zero-order chi connectivity index (χ0) is 13.5. The van der Waals surface area contributed by atoms with E-state index in [9.17, 15) is 18.0 Å². The van der Waals surface area contributed by atoms with Crippen LogP contribution in [-0.4, -0.2) is 12.3 Å². The van der Waals surface area contributed by atoms with Gasteiger partial charge in [0, 0.05) is 6.42 Å². The van der Waals surface area contributed by atoms with Gasteiger partial charge >= 0.3 is 0 Å². The van der Waals surface area contributed by atoms with Crippen LogP contribution in [0.5, 0.6) is 0 Å². The molecule has 1 aromatic carbocycles. The second-order valence-corrected chi connectivity index (χ2v) is 4.10. The Bertz CT molecular complexity index is 421. The molecule has 1 rings (SSSR count). The van der Waals surface area contributed by atoms with E-state index in [2.05, 4.69) is 0 Å². The normalized spacial score (nSPS) is 10.7. The molecule has 0 aliphatic heterocycles. The van der Waals surface area contributed by atoms with Crippen LogP contribution in [0.1, 0.15) is 42.5 Å². The molecule has 1 aromatic rings. The molecular formula is C13H16F3NO. The van der Waals surface area contributed by atoms with Crippen LogP contribution in [-0.2, 0) is 0 Å².